The molecule has 2 heterocycles. The van der Waals surface area contributed by atoms with E-state index in [0.29, 0.717) is 17.0 Å². The second-order valence-electron chi connectivity index (χ2n) is 5.97. The molecule has 0 aliphatic heterocycles. The van der Waals surface area contributed by atoms with Gasteiger partial charge in [-0.2, -0.15) is 5.10 Å². The van der Waals surface area contributed by atoms with Crippen LogP contribution in [0.3, 0.4) is 0 Å². The highest BCUT2D eigenvalue weighted by molar-refractivity contribution is 6.02. The normalized spacial score (nSPS) is 12.0. The minimum Gasteiger partial charge on any atom is -0.341 e. The van der Waals surface area contributed by atoms with Gasteiger partial charge in [-0.3, -0.25) is 14.3 Å². The van der Waals surface area contributed by atoms with Crippen LogP contribution in [0, 0.1) is 5.82 Å². The molecule has 7 nitrogen and oxygen atoms in total. The number of aryl methyl sites for hydroxylation is 2. The predicted molar refractivity (Wildman–Crippen MR) is 93.1 cm³/mol. The highest BCUT2D eigenvalue weighted by Gasteiger charge is 2.23. The molecule has 0 spiro atoms. The summed E-state index contributed by atoms with van der Waals surface area (Å²) in [4.78, 5) is 28.9. The van der Waals surface area contributed by atoms with E-state index in [0.717, 1.165) is 0 Å². The van der Waals surface area contributed by atoms with Crippen molar-refractivity contribution in [2.45, 2.75) is 13.0 Å². The number of ketones is 1. The Balaban J connectivity index is 1.77. The number of Topliss-reactive ketones (excluding diaryl/α,β-unsaturated/α-hetero) is 1. The molecule has 0 aliphatic rings. The Kier molecular flexibility index (Phi) is 4.66. The molecule has 0 saturated heterocycles. The Morgan fingerprint density at radius 3 is 2.50 bits per heavy atom. The minimum atomic E-state index is -0.743. The van der Waals surface area contributed by atoms with Gasteiger partial charge in [0.2, 0.25) is 5.78 Å². The van der Waals surface area contributed by atoms with Gasteiger partial charge in [0.15, 0.2) is 5.82 Å². The number of imidazole rings is 1. The maximum atomic E-state index is 13.1. The Morgan fingerprint density at radius 2 is 1.88 bits per heavy atom. The third kappa shape index (κ3) is 3.39. The molecule has 0 saturated carbocycles. The lowest BCUT2D eigenvalue weighted by molar-refractivity contribution is 0.0853. The summed E-state index contributed by atoms with van der Waals surface area (Å²) in [6.07, 6.45) is 3.19. The van der Waals surface area contributed by atoms with Crippen LogP contribution in [-0.4, -0.2) is 37.1 Å². The van der Waals surface area contributed by atoms with Crippen LogP contribution in [0.25, 0.3) is 11.3 Å². The molecule has 0 aliphatic carbocycles. The van der Waals surface area contributed by atoms with Gasteiger partial charge in [-0.25, -0.2) is 9.37 Å². The predicted octanol–water partition coefficient (Wildman–Crippen LogP) is 1.96. The van der Waals surface area contributed by atoms with Crippen molar-refractivity contribution >= 4 is 11.7 Å². The average Bonchev–Trinajstić information content (AvgIpc) is 3.20. The fourth-order valence-corrected chi connectivity index (χ4v) is 2.57. The van der Waals surface area contributed by atoms with Gasteiger partial charge in [0.05, 0.1) is 11.7 Å². The van der Waals surface area contributed by atoms with E-state index in [1.165, 1.54) is 23.0 Å². The summed E-state index contributed by atoms with van der Waals surface area (Å²) in [6, 6.07) is 6.70. The largest absolute Gasteiger partial charge is 0.341 e. The van der Waals surface area contributed by atoms with Crippen LogP contribution in [0.1, 0.15) is 28.0 Å². The van der Waals surface area contributed by atoms with Gasteiger partial charge in [-0.15, -0.1) is 0 Å². The van der Waals surface area contributed by atoms with Crippen LogP contribution >= 0.6 is 0 Å². The molecule has 1 amide bonds. The third-order valence-corrected chi connectivity index (χ3v) is 4.03. The molecule has 1 aromatic carbocycles. The smallest absolute Gasteiger partial charge is 0.270 e. The standard InChI is InChI=1S/C18H18FN5O2/c1-11(16(25)17-20-8-9-23(17)2)21-18(26)15-10-14(22-24(15)3)12-4-6-13(19)7-5-12/h4-11H,1-3H3,(H,21,26). The number of aromatic nitrogens is 4. The van der Waals surface area contributed by atoms with Gasteiger partial charge in [0.25, 0.3) is 5.91 Å². The summed E-state index contributed by atoms with van der Waals surface area (Å²) in [5.41, 5.74) is 1.53. The molecule has 134 valence electrons. The Bertz CT molecular complexity index is 958. The molecule has 2 aromatic heterocycles. The summed E-state index contributed by atoms with van der Waals surface area (Å²) in [5, 5.41) is 6.94. The van der Waals surface area contributed by atoms with Gasteiger partial charge in [-0.05, 0) is 37.3 Å². The van der Waals surface area contributed by atoms with Crippen molar-refractivity contribution in [2.24, 2.45) is 14.1 Å². The van der Waals surface area contributed by atoms with E-state index >= 15 is 0 Å². The van der Waals surface area contributed by atoms with Crippen molar-refractivity contribution in [3.05, 3.63) is 60.1 Å². The van der Waals surface area contributed by atoms with Gasteiger partial charge < -0.3 is 9.88 Å². The number of benzene rings is 1. The summed E-state index contributed by atoms with van der Waals surface area (Å²) in [6.45, 7) is 1.60. The number of rotatable bonds is 5. The number of hydrogen-bond donors (Lipinski definition) is 1. The molecule has 8 heteroatoms. The molecule has 0 bridgehead atoms. The van der Waals surface area contributed by atoms with Crippen molar-refractivity contribution < 1.29 is 14.0 Å². The lowest BCUT2D eigenvalue weighted by atomic mass is 10.1. The molecule has 1 unspecified atom stereocenters. The number of carbonyl (C=O) groups is 2. The van der Waals surface area contributed by atoms with Crippen molar-refractivity contribution in [1.82, 2.24) is 24.6 Å². The lowest BCUT2D eigenvalue weighted by Gasteiger charge is -2.12. The van der Waals surface area contributed by atoms with Crippen LogP contribution in [0.4, 0.5) is 4.39 Å². The van der Waals surface area contributed by atoms with Crippen LogP contribution in [0.15, 0.2) is 42.7 Å². The molecule has 3 aromatic rings. The van der Waals surface area contributed by atoms with Gasteiger partial charge in [-0.1, -0.05) is 0 Å². The molecule has 1 atom stereocenters. The fraction of sp³-hybridized carbons (Fsp3) is 0.222. The Morgan fingerprint density at radius 1 is 1.19 bits per heavy atom. The summed E-state index contributed by atoms with van der Waals surface area (Å²) < 4.78 is 16.1. The third-order valence-electron chi connectivity index (χ3n) is 4.03. The topological polar surface area (TPSA) is 81.8 Å². The van der Waals surface area contributed by atoms with E-state index < -0.39 is 11.9 Å². The molecule has 26 heavy (non-hydrogen) atoms. The molecule has 1 N–H and O–H groups in total. The van der Waals surface area contributed by atoms with Gasteiger partial charge >= 0.3 is 0 Å². The number of nitrogens with one attached hydrogen (secondary N) is 1. The second-order valence-corrected chi connectivity index (χ2v) is 5.97. The van der Waals surface area contributed by atoms with Crippen molar-refractivity contribution in [2.75, 3.05) is 0 Å². The van der Waals surface area contributed by atoms with Gasteiger partial charge in [0.1, 0.15) is 11.5 Å². The summed E-state index contributed by atoms with van der Waals surface area (Å²) in [7, 11) is 3.35. The highest BCUT2D eigenvalue weighted by atomic mass is 19.1. The fourth-order valence-electron chi connectivity index (χ4n) is 2.57. The van der Waals surface area contributed by atoms with Crippen molar-refractivity contribution in [1.29, 1.82) is 0 Å². The first-order chi connectivity index (χ1) is 12.4. The molecule has 0 radical (unpaired) electrons. The number of amides is 1. The van der Waals surface area contributed by atoms with E-state index in [9.17, 15) is 14.0 Å². The molecular formula is C18H18FN5O2. The first kappa shape index (κ1) is 17.5. The summed E-state index contributed by atoms with van der Waals surface area (Å²) >= 11 is 0. The zero-order valence-electron chi connectivity index (χ0n) is 14.6. The maximum Gasteiger partial charge on any atom is 0.270 e. The van der Waals surface area contributed by atoms with Crippen LogP contribution in [-0.2, 0) is 14.1 Å². The van der Waals surface area contributed by atoms with Gasteiger partial charge in [0, 0.05) is 32.1 Å². The first-order valence-corrected chi connectivity index (χ1v) is 7.99. The molecular weight excluding hydrogens is 337 g/mol. The van der Waals surface area contributed by atoms with E-state index in [-0.39, 0.29) is 17.4 Å². The van der Waals surface area contributed by atoms with Crippen molar-refractivity contribution in [3.8, 4) is 11.3 Å². The monoisotopic (exact) mass is 355 g/mol. The van der Waals surface area contributed by atoms with Crippen LogP contribution in [0.5, 0.6) is 0 Å². The van der Waals surface area contributed by atoms with E-state index in [1.54, 1.807) is 50.0 Å². The quantitative estimate of drug-likeness (QED) is 0.710. The maximum absolute atomic E-state index is 13.1. The number of nitrogens with zero attached hydrogens (tertiary/aromatic N) is 4. The lowest BCUT2D eigenvalue weighted by Crippen LogP contribution is -2.40. The SMILES string of the molecule is CC(NC(=O)c1cc(-c2ccc(F)cc2)nn1C)C(=O)c1nccn1C. The average molecular weight is 355 g/mol. The Hall–Kier alpha value is -3.29. The highest BCUT2D eigenvalue weighted by Crippen LogP contribution is 2.19. The zero-order valence-corrected chi connectivity index (χ0v) is 14.6. The van der Waals surface area contributed by atoms with Crippen molar-refractivity contribution in [3.63, 3.8) is 0 Å². The number of halogens is 1. The minimum absolute atomic E-state index is 0.273. The van der Waals surface area contributed by atoms with Crippen LogP contribution < -0.4 is 5.32 Å². The molecule has 0 fully saturated rings. The second kappa shape index (κ2) is 6.91. The first-order valence-electron chi connectivity index (χ1n) is 7.99. The number of hydrogen-bond acceptors (Lipinski definition) is 4. The van der Waals surface area contributed by atoms with E-state index in [4.69, 9.17) is 0 Å². The zero-order chi connectivity index (χ0) is 18.8. The van der Waals surface area contributed by atoms with E-state index in [2.05, 4.69) is 15.4 Å². The summed E-state index contributed by atoms with van der Waals surface area (Å²) in [5.74, 6) is -0.783. The Labute approximate surface area is 149 Å². The molecule has 3 rings (SSSR count). The van der Waals surface area contributed by atoms with Crippen LogP contribution in [0.2, 0.25) is 0 Å². The van der Waals surface area contributed by atoms with E-state index in [1.807, 2.05) is 0 Å². The number of carbonyl (C=O) groups excluding carboxylic acids is 2.